The molecule has 1 amide bonds. The Morgan fingerprint density at radius 1 is 1.36 bits per heavy atom. The fraction of sp³-hybridized carbons (Fsp3) is 0.200. The van der Waals surface area contributed by atoms with Crippen LogP contribution < -0.4 is 10.2 Å². The predicted molar refractivity (Wildman–Crippen MR) is 87.9 cm³/mol. The number of imidazole rings is 1. The lowest BCUT2D eigenvalue weighted by molar-refractivity contribution is 0.0937. The van der Waals surface area contributed by atoms with Gasteiger partial charge in [0.25, 0.3) is 5.91 Å². The molecule has 0 aliphatic carbocycles. The summed E-state index contributed by atoms with van der Waals surface area (Å²) in [6.45, 7) is 0.609. The third kappa shape index (κ3) is 1.89. The number of anilines is 1. The van der Waals surface area contributed by atoms with E-state index in [1.54, 1.807) is 0 Å². The molecule has 1 atom stereocenters. The molecule has 0 saturated carbocycles. The highest BCUT2D eigenvalue weighted by Crippen LogP contribution is 2.27. The highest BCUT2D eigenvalue weighted by molar-refractivity contribution is 7.81. The lowest BCUT2D eigenvalue weighted by Crippen LogP contribution is -2.49. The van der Waals surface area contributed by atoms with Crippen molar-refractivity contribution in [1.82, 2.24) is 19.9 Å². The molecule has 0 radical (unpaired) electrons. The molecule has 7 heteroatoms. The third-order valence-electron chi connectivity index (χ3n) is 4.06. The Morgan fingerprint density at radius 2 is 2.18 bits per heavy atom. The molecule has 0 saturated heterocycles. The van der Waals surface area contributed by atoms with E-state index in [2.05, 4.69) is 50.7 Å². The first-order valence-electron chi connectivity index (χ1n) is 6.97. The number of benzene rings is 1. The van der Waals surface area contributed by atoms with Crippen LogP contribution >= 0.6 is 12.6 Å². The fourth-order valence-electron chi connectivity index (χ4n) is 2.89. The van der Waals surface area contributed by atoms with E-state index in [4.69, 9.17) is 0 Å². The summed E-state index contributed by atoms with van der Waals surface area (Å²) >= 11 is 4.47. The van der Waals surface area contributed by atoms with Gasteiger partial charge in [-0.1, -0.05) is 18.2 Å². The summed E-state index contributed by atoms with van der Waals surface area (Å²) in [5.41, 5.74) is 2.38. The van der Waals surface area contributed by atoms with Gasteiger partial charge in [0.2, 0.25) is 0 Å². The number of fused-ring (bicyclic) bond motifs is 2. The molecule has 0 bridgehead atoms. The molecule has 1 unspecified atom stereocenters. The van der Waals surface area contributed by atoms with Gasteiger partial charge in [0, 0.05) is 18.3 Å². The Hall–Kier alpha value is -2.41. The van der Waals surface area contributed by atoms with Crippen molar-refractivity contribution in [2.75, 3.05) is 4.90 Å². The first-order valence-corrected chi connectivity index (χ1v) is 7.49. The van der Waals surface area contributed by atoms with Crippen LogP contribution in [0.5, 0.6) is 0 Å². The Labute approximate surface area is 132 Å². The van der Waals surface area contributed by atoms with E-state index >= 15 is 0 Å². The number of aryl methyl sites for hydroxylation is 1. The van der Waals surface area contributed by atoms with Crippen molar-refractivity contribution in [1.29, 1.82) is 0 Å². The molecular formula is C15H15N5OS. The molecule has 2 N–H and O–H groups in total. The zero-order chi connectivity index (χ0) is 15.3. The number of para-hydroxylation sites is 1. The van der Waals surface area contributed by atoms with Crippen LogP contribution in [-0.4, -0.2) is 25.9 Å². The Balaban J connectivity index is 1.75. The van der Waals surface area contributed by atoms with Gasteiger partial charge < -0.3 is 19.8 Å². The SMILES string of the molecule is Cn1c(CN2c3nc[nH]c3C(=O)NC2S)cc2ccccc21. The molecule has 2 aromatic heterocycles. The molecule has 6 nitrogen and oxygen atoms in total. The quantitative estimate of drug-likeness (QED) is 0.633. The minimum absolute atomic E-state index is 0.180. The number of aromatic amines is 1. The lowest BCUT2D eigenvalue weighted by atomic mass is 10.2. The smallest absolute Gasteiger partial charge is 0.273 e. The van der Waals surface area contributed by atoms with E-state index in [0.717, 1.165) is 5.69 Å². The Kier molecular flexibility index (Phi) is 2.90. The molecule has 112 valence electrons. The highest BCUT2D eigenvalue weighted by Gasteiger charge is 2.31. The summed E-state index contributed by atoms with van der Waals surface area (Å²) in [6, 6.07) is 10.4. The van der Waals surface area contributed by atoms with Crippen molar-refractivity contribution < 1.29 is 4.79 Å². The summed E-state index contributed by atoms with van der Waals surface area (Å²) in [6.07, 6.45) is 1.53. The van der Waals surface area contributed by atoms with Gasteiger partial charge >= 0.3 is 0 Å². The number of rotatable bonds is 2. The standard InChI is InChI=1S/C15H15N5OS/c1-19-10(6-9-4-2-3-5-11(9)19)7-20-13-12(16-8-17-13)14(21)18-15(20)22/h2-6,8,15,22H,7H2,1H3,(H,16,17)(H,18,21). The molecule has 3 aromatic rings. The van der Waals surface area contributed by atoms with Crippen LogP contribution in [0, 0.1) is 0 Å². The average molecular weight is 313 g/mol. The molecule has 3 heterocycles. The van der Waals surface area contributed by atoms with E-state index in [1.807, 2.05) is 24.1 Å². The number of nitrogens with zero attached hydrogens (tertiary/aromatic N) is 3. The van der Waals surface area contributed by atoms with Gasteiger partial charge in [0.05, 0.1) is 12.9 Å². The number of amides is 1. The van der Waals surface area contributed by atoms with Crippen molar-refractivity contribution in [2.45, 2.75) is 12.0 Å². The maximum atomic E-state index is 11.9. The van der Waals surface area contributed by atoms with Gasteiger partial charge in [0.1, 0.15) is 11.2 Å². The van der Waals surface area contributed by atoms with Crippen LogP contribution in [0.25, 0.3) is 10.9 Å². The van der Waals surface area contributed by atoms with Gasteiger partial charge in [0.15, 0.2) is 5.82 Å². The van der Waals surface area contributed by atoms with Crippen molar-refractivity contribution in [2.24, 2.45) is 7.05 Å². The summed E-state index contributed by atoms with van der Waals surface area (Å²) in [4.78, 5) is 21.0. The molecule has 4 rings (SSSR count). The van der Waals surface area contributed by atoms with Crippen LogP contribution in [-0.2, 0) is 13.6 Å². The van der Waals surface area contributed by atoms with Gasteiger partial charge in [-0.2, -0.15) is 0 Å². The number of thiol groups is 1. The van der Waals surface area contributed by atoms with Gasteiger partial charge in [-0.05, 0) is 17.5 Å². The number of hydrogen-bond acceptors (Lipinski definition) is 4. The minimum Gasteiger partial charge on any atom is -0.346 e. The zero-order valence-electron chi connectivity index (χ0n) is 11.9. The van der Waals surface area contributed by atoms with Gasteiger partial charge in [-0.3, -0.25) is 4.79 Å². The third-order valence-corrected chi connectivity index (χ3v) is 4.47. The summed E-state index contributed by atoms with van der Waals surface area (Å²) in [5.74, 6) is 0.454. The van der Waals surface area contributed by atoms with Crippen LogP contribution in [0.2, 0.25) is 0 Å². The molecule has 0 fully saturated rings. The van der Waals surface area contributed by atoms with Crippen LogP contribution in [0.15, 0.2) is 36.7 Å². The maximum Gasteiger partial charge on any atom is 0.273 e. The second-order valence-corrected chi connectivity index (χ2v) is 5.82. The second kappa shape index (κ2) is 4.81. The number of carbonyl (C=O) groups excluding carboxylic acids is 1. The Bertz CT molecular complexity index is 868. The molecule has 22 heavy (non-hydrogen) atoms. The van der Waals surface area contributed by atoms with E-state index in [9.17, 15) is 4.79 Å². The molecule has 1 aliphatic heterocycles. The molecule has 0 spiro atoms. The molecule has 1 aromatic carbocycles. The molecular weight excluding hydrogens is 298 g/mol. The fourth-order valence-corrected chi connectivity index (χ4v) is 3.20. The average Bonchev–Trinajstić information content (AvgIpc) is 3.10. The first-order chi connectivity index (χ1) is 10.6. The van der Waals surface area contributed by atoms with Crippen LogP contribution in [0.4, 0.5) is 5.82 Å². The predicted octanol–water partition coefficient (Wildman–Crippen LogP) is 1.86. The Morgan fingerprint density at radius 3 is 3.00 bits per heavy atom. The maximum absolute atomic E-state index is 11.9. The van der Waals surface area contributed by atoms with E-state index in [-0.39, 0.29) is 5.91 Å². The number of carbonyl (C=O) groups is 1. The van der Waals surface area contributed by atoms with E-state index in [1.165, 1.54) is 17.2 Å². The van der Waals surface area contributed by atoms with Gasteiger partial charge in [-0.25, -0.2) is 4.98 Å². The number of aromatic nitrogens is 3. The van der Waals surface area contributed by atoms with Crippen molar-refractivity contribution in [3.63, 3.8) is 0 Å². The summed E-state index contributed by atoms with van der Waals surface area (Å²) < 4.78 is 2.15. The number of H-pyrrole nitrogens is 1. The largest absolute Gasteiger partial charge is 0.346 e. The second-order valence-electron chi connectivity index (χ2n) is 5.33. The van der Waals surface area contributed by atoms with Crippen LogP contribution in [0.1, 0.15) is 16.2 Å². The topological polar surface area (TPSA) is 66.0 Å². The van der Waals surface area contributed by atoms with Crippen molar-refractivity contribution >= 4 is 35.3 Å². The molecule has 1 aliphatic rings. The minimum atomic E-state index is -0.402. The van der Waals surface area contributed by atoms with Crippen LogP contribution in [0.3, 0.4) is 0 Å². The normalized spacial score (nSPS) is 17.6. The monoisotopic (exact) mass is 313 g/mol. The first kappa shape index (κ1) is 13.3. The summed E-state index contributed by atoms with van der Waals surface area (Å²) in [5, 5.41) is 4.01. The van der Waals surface area contributed by atoms with Crippen molar-refractivity contribution in [3.8, 4) is 0 Å². The van der Waals surface area contributed by atoms with E-state index < -0.39 is 5.50 Å². The highest BCUT2D eigenvalue weighted by atomic mass is 32.1. The lowest BCUT2D eigenvalue weighted by Gasteiger charge is -2.33. The number of nitrogens with one attached hydrogen (secondary N) is 2. The van der Waals surface area contributed by atoms with Gasteiger partial charge in [-0.15, -0.1) is 12.6 Å². The zero-order valence-corrected chi connectivity index (χ0v) is 12.8. The van der Waals surface area contributed by atoms with E-state index in [0.29, 0.717) is 18.1 Å². The number of hydrogen-bond donors (Lipinski definition) is 3. The summed E-state index contributed by atoms with van der Waals surface area (Å²) in [7, 11) is 2.04. The van der Waals surface area contributed by atoms with Crippen molar-refractivity contribution in [3.05, 3.63) is 48.0 Å².